The maximum absolute atomic E-state index is 13.9. The van der Waals surface area contributed by atoms with Gasteiger partial charge in [-0.2, -0.15) is 17.5 Å². The number of halogens is 4. The minimum atomic E-state index is -4.79. The SMILES string of the molecule is Cc1ccc(C)c2[nH]c(=O)c(CN(Cc3ccc4c(c3)OCO4)S(=O)(=O)c3cc(C(F)(F)F)ccc3Cl)cc12. The van der Waals surface area contributed by atoms with Crippen LogP contribution in [0.4, 0.5) is 13.2 Å². The van der Waals surface area contributed by atoms with Gasteiger partial charge in [0.25, 0.3) is 5.56 Å². The van der Waals surface area contributed by atoms with Gasteiger partial charge in [-0.25, -0.2) is 8.42 Å². The second kappa shape index (κ2) is 9.89. The van der Waals surface area contributed by atoms with Crippen molar-refractivity contribution in [2.45, 2.75) is 38.0 Å². The summed E-state index contributed by atoms with van der Waals surface area (Å²) < 4.78 is 79.7. The third-order valence-electron chi connectivity index (χ3n) is 6.54. The molecule has 0 amide bonds. The van der Waals surface area contributed by atoms with Gasteiger partial charge in [0.05, 0.1) is 16.1 Å². The Morgan fingerprint density at radius 1 is 0.949 bits per heavy atom. The molecule has 1 aliphatic heterocycles. The van der Waals surface area contributed by atoms with E-state index in [9.17, 15) is 26.4 Å². The lowest BCUT2D eigenvalue weighted by molar-refractivity contribution is -0.137. The molecular weight excluding hydrogens is 557 g/mol. The zero-order chi connectivity index (χ0) is 28.1. The first kappa shape index (κ1) is 27.0. The second-order valence-corrected chi connectivity index (χ2v) is 11.5. The molecule has 204 valence electrons. The first-order valence-corrected chi connectivity index (χ1v) is 13.5. The molecular formula is C27H22ClF3N2O5S. The highest BCUT2D eigenvalue weighted by Crippen LogP contribution is 2.36. The molecule has 1 aromatic heterocycles. The number of ether oxygens (including phenoxy) is 2. The van der Waals surface area contributed by atoms with Crippen molar-refractivity contribution in [2.24, 2.45) is 0 Å². The van der Waals surface area contributed by atoms with Gasteiger partial charge in [0.15, 0.2) is 11.5 Å². The van der Waals surface area contributed by atoms with E-state index in [0.717, 1.165) is 26.9 Å². The largest absolute Gasteiger partial charge is 0.454 e. The van der Waals surface area contributed by atoms with Crippen molar-refractivity contribution in [1.29, 1.82) is 0 Å². The molecule has 7 nitrogen and oxygen atoms in total. The van der Waals surface area contributed by atoms with Crippen LogP contribution in [0.1, 0.15) is 27.8 Å². The highest BCUT2D eigenvalue weighted by atomic mass is 35.5. The van der Waals surface area contributed by atoms with Crippen LogP contribution in [0.5, 0.6) is 11.5 Å². The molecule has 0 spiro atoms. The van der Waals surface area contributed by atoms with Crippen LogP contribution in [0.2, 0.25) is 5.02 Å². The predicted octanol–water partition coefficient (Wildman–Crippen LogP) is 5.94. The Bertz CT molecular complexity index is 1770. The molecule has 0 radical (unpaired) electrons. The zero-order valence-electron chi connectivity index (χ0n) is 20.7. The predicted molar refractivity (Wildman–Crippen MR) is 139 cm³/mol. The molecule has 3 aromatic carbocycles. The Morgan fingerprint density at radius 3 is 2.41 bits per heavy atom. The normalized spacial score (nSPS) is 13.4. The number of rotatable bonds is 6. The van der Waals surface area contributed by atoms with E-state index >= 15 is 0 Å². The number of H-pyrrole nitrogens is 1. The summed E-state index contributed by atoms with van der Waals surface area (Å²) in [6, 6.07) is 12.2. The van der Waals surface area contributed by atoms with E-state index in [1.54, 1.807) is 24.3 Å². The summed E-state index contributed by atoms with van der Waals surface area (Å²) in [6.45, 7) is 2.99. The average molecular weight is 579 g/mol. The Balaban J connectivity index is 1.63. The Hall–Kier alpha value is -3.54. The van der Waals surface area contributed by atoms with E-state index in [0.29, 0.717) is 34.7 Å². The van der Waals surface area contributed by atoms with Gasteiger partial charge in [0.1, 0.15) is 4.90 Å². The average Bonchev–Trinajstić information content (AvgIpc) is 3.34. The molecule has 0 atom stereocenters. The number of sulfonamides is 1. The summed E-state index contributed by atoms with van der Waals surface area (Å²) >= 11 is 6.13. The van der Waals surface area contributed by atoms with E-state index in [2.05, 4.69) is 4.98 Å². The third-order valence-corrected chi connectivity index (χ3v) is 8.81. The van der Waals surface area contributed by atoms with Gasteiger partial charge < -0.3 is 14.5 Å². The molecule has 0 fully saturated rings. The fourth-order valence-electron chi connectivity index (χ4n) is 4.41. The third kappa shape index (κ3) is 5.21. The Kier molecular flexibility index (Phi) is 6.86. The summed E-state index contributed by atoms with van der Waals surface area (Å²) in [5, 5.41) is 0.347. The molecule has 0 aliphatic carbocycles. The molecule has 0 saturated heterocycles. The fraction of sp³-hybridized carbons (Fsp3) is 0.222. The lowest BCUT2D eigenvalue weighted by Gasteiger charge is -2.24. The van der Waals surface area contributed by atoms with Crippen LogP contribution in [0.3, 0.4) is 0 Å². The maximum atomic E-state index is 13.9. The van der Waals surface area contributed by atoms with Crippen molar-refractivity contribution in [1.82, 2.24) is 9.29 Å². The van der Waals surface area contributed by atoms with E-state index in [1.165, 1.54) is 0 Å². The van der Waals surface area contributed by atoms with Crippen molar-refractivity contribution in [2.75, 3.05) is 6.79 Å². The summed E-state index contributed by atoms with van der Waals surface area (Å²) in [5.74, 6) is 0.877. The Morgan fingerprint density at radius 2 is 1.67 bits per heavy atom. The number of aryl methyl sites for hydroxylation is 2. The van der Waals surface area contributed by atoms with Gasteiger partial charge >= 0.3 is 6.18 Å². The lowest BCUT2D eigenvalue weighted by Crippen LogP contribution is -2.33. The fourth-order valence-corrected chi connectivity index (χ4v) is 6.32. The molecule has 0 unspecified atom stereocenters. The minimum absolute atomic E-state index is 0.00583. The first-order chi connectivity index (χ1) is 18.3. The number of nitrogens with one attached hydrogen (secondary N) is 1. The standard InChI is InChI=1S/C27H22ClF3N2O5S/c1-15-3-4-16(2)25-20(15)10-18(26(34)32-25)13-33(12-17-5-8-22-23(9-17)38-14-37-22)39(35,36)24-11-19(27(29,30)31)6-7-21(24)28/h3-11H,12-14H2,1-2H3,(H,32,34). The topological polar surface area (TPSA) is 88.7 Å². The van der Waals surface area contributed by atoms with Gasteiger partial charge in [0, 0.05) is 24.0 Å². The highest BCUT2D eigenvalue weighted by molar-refractivity contribution is 7.89. The number of aromatic nitrogens is 1. The maximum Gasteiger partial charge on any atom is 0.416 e. The van der Waals surface area contributed by atoms with Crippen molar-refractivity contribution in [3.05, 3.63) is 97.8 Å². The molecule has 12 heteroatoms. The number of hydrogen-bond donors (Lipinski definition) is 1. The van der Waals surface area contributed by atoms with Crippen LogP contribution < -0.4 is 15.0 Å². The van der Waals surface area contributed by atoms with Gasteiger partial charge in [0.2, 0.25) is 16.8 Å². The number of benzene rings is 3. The van der Waals surface area contributed by atoms with Crippen LogP contribution in [0.25, 0.3) is 10.9 Å². The lowest BCUT2D eigenvalue weighted by atomic mass is 10.0. The second-order valence-electron chi connectivity index (χ2n) is 9.22. The number of nitrogens with zero attached hydrogens (tertiary/aromatic N) is 1. The van der Waals surface area contributed by atoms with Gasteiger partial charge in [-0.15, -0.1) is 0 Å². The molecule has 0 saturated carbocycles. The molecule has 5 rings (SSSR count). The van der Waals surface area contributed by atoms with Crippen molar-refractivity contribution >= 4 is 32.5 Å². The van der Waals surface area contributed by atoms with Crippen LogP contribution >= 0.6 is 11.6 Å². The quantitative estimate of drug-likeness (QED) is 0.306. The van der Waals surface area contributed by atoms with Crippen LogP contribution in [-0.2, 0) is 29.3 Å². The molecule has 1 N–H and O–H groups in total. The number of aromatic amines is 1. The number of alkyl halides is 3. The van der Waals surface area contributed by atoms with Crippen molar-refractivity contribution < 1.29 is 31.1 Å². The number of fused-ring (bicyclic) bond motifs is 2. The summed E-state index contributed by atoms with van der Waals surface area (Å²) in [7, 11) is -4.64. The monoisotopic (exact) mass is 578 g/mol. The van der Waals surface area contributed by atoms with Crippen LogP contribution in [0.15, 0.2) is 64.3 Å². The van der Waals surface area contributed by atoms with Crippen LogP contribution in [0, 0.1) is 13.8 Å². The van der Waals surface area contributed by atoms with E-state index < -0.39 is 38.8 Å². The molecule has 39 heavy (non-hydrogen) atoms. The van der Waals surface area contributed by atoms with E-state index in [4.69, 9.17) is 21.1 Å². The number of hydrogen-bond acceptors (Lipinski definition) is 5. The number of pyridine rings is 1. The molecule has 0 bridgehead atoms. The van der Waals surface area contributed by atoms with E-state index in [-0.39, 0.29) is 23.9 Å². The van der Waals surface area contributed by atoms with Gasteiger partial charge in [-0.05, 0) is 66.9 Å². The molecule has 4 aromatic rings. The van der Waals surface area contributed by atoms with Crippen molar-refractivity contribution in [3.8, 4) is 11.5 Å². The zero-order valence-corrected chi connectivity index (χ0v) is 22.3. The Labute approximate surface area is 226 Å². The summed E-state index contributed by atoms with van der Waals surface area (Å²) in [4.78, 5) is 15.2. The first-order valence-electron chi connectivity index (χ1n) is 11.7. The summed E-state index contributed by atoms with van der Waals surface area (Å²) in [5.41, 5.74) is 1.22. The van der Waals surface area contributed by atoms with Crippen molar-refractivity contribution in [3.63, 3.8) is 0 Å². The molecule has 2 heterocycles. The minimum Gasteiger partial charge on any atom is -0.454 e. The smallest absolute Gasteiger partial charge is 0.416 e. The van der Waals surface area contributed by atoms with Gasteiger partial charge in [-0.1, -0.05) is 29.8 Å². The van der Waals surface area contributed by atoms with E-state index in [1.807, 2.05) is 26.0 Å². The van der Waals surface area contributed by atoms with Gasteiger partial charge in [-0.3, -0.25) is 4.79 Å². The van der Waals surface area contributed by atoms with Crippen LogP contribution in [-0.4, -0.2) is 24.5 Å². The summed E-state index contributed by atoms with van der Waals surface area (Å²) in [6.07, 6.45) is -4.79. The highest BCUT2D eigenvalue weighted by Gasteiger charge is 2.35. The molecule has 1 aliphatic rings.